The molecule has 3 rings (SSSR count). The number of nitrogens with zero attached hydrogens (tertiary/aromatic N) is 1. The summed E-state index contributed by atoms with van der Waals surface area (Å²) in [6, 6.07) is 3.36. The molecule has 1 amide bonds. The van der Waals surface area contributed by atoms with E-state index in [-0.39, 0.29) is 28.7 Å². The lowest BCUT2D eigenvalue weighted by Crippen LogP contribution is -2.55. The standard InChI is InChI=1S/C18H23F2NO2/c1-17(2)9-18(11-23-3)10-21(8-15(17)18)16(22)6-12-4-5-13(19)7-14(12)20/h4-5,7,15H,6,8-11H2,1-3H3/t15-,18-/m1/s1. The highest BCUT2D eigenvalue weighted by molar-refractivity contribution is 5.79. The molecule has 0 spiro atoms. The van der Waals surface area contributed by atoms with Crippen LogP contribution in [0.5, 0.6) is 0 Å². The molecule has 0 aromatic heterocycles. The van der Waals surface area contributed by atoms with E-state index in [4.69, 9.17) is 4.74 Å². The molecule has 1 saturated carbocycles. The molecule has 1 saturated heterocycles. The number of hydrogen-bond acceptors (Lipinski definition) is 2. The van der Waals surface area contributed by atoms with E-state index in [1.54, 1.807) is 7.11 Å². The predicted octanol–water partition coefficient (Wildman–Crippen LogP) is 3.03. The number of rotatable bonds is 4. The van der Waals surface area contributed by atoms with Gasteiger partial charge >= 0.3 is 0 Å². The molecule has 5 heteroatoms. The van der Waals surface area contributed by atoms with Gasteiger partial charge in [-0.1, -0.05) is 19.9 Å². The average Bonchev–Trinajstić information content (AvgIpc) is 2.77. The van der Waals surface area contributed by atoms with Crippen LogP contribution in [-0.2, 0) is 16.0 Å². The highest BCUT2D eigenvalue weighted by Gasteiger charge is 2.63. The molecule has 1 aliphatic carbocycles. The lowest BCUT2D eigenvalue weighted by Gasteiger charge is -2.56. The van der Waals surface area contributed by atoms with Crippen molar-refractivity contribution in [2.75, 3.05) is 26.8 Å². The van der Waals surface area contributed by atoms with Gasteiger partial charge in [0.2, 0.25) is 5.91 Å². The molecule has 2 fully saturated rings. The molecule has 0 N–H and O–H groups in total. The third-order valence-corrected chi connectivity index (χ3v) is 5.54. The van der Waals surface area contributed by atoms with Crippen LogP contribution in [0, 0.1) is 28.4 Å². The van der Waals surface area contributed by atoms with Crippen LogP contribution in [-0.4, -0.2) is 37.6 Å². The fraction of sp³-hybridized carbons (Fsp3) is 0.611. The van der Waals surface area contributed by atoms with E-state index < -0.39 is 11.6 Å². The minimum absolute atomic E-state index is 0.0255. The van der Waals surface area contributed by atoms with Gasteiger partial charge in [0.25, 0.3) is 0 Å². The Labute approximate surface area is 135 Å². The molecule has 1 aromatic carbocycles. The molecule has 1 heterocycles. The van der Waals surface area contributed by atoms with Crippen LogP contribution in [0.3, 0.4) is 0 Å². The fourth-order valence-electron chi connectivity index (χ4n) is 4.74. The lowest BCUT2D eigenvalue weighted by molar-refractivity contribution is -0.130. The van der Waals surface area contributed by atoms with E-state index in [0.29, 0.717) is 25.6 Å². The highest BCUT2D eigenvalue weighted by Crippen LogP contribution is 2.62. The third kappa shape index (κ3) is 2.75. The summed E-state index contributed by atoms with van der Waals surface area (Å²) in [5.41, 5.74) is 0.486. The number of benzene rings is 1. The Bertz CT molecular complexity index is 631. The number of carbonyl (C=O) groups is 1. The zero-order chi connectivity index (χ0) is 16.8. The molecule has 126 valence electrons. The minimum Gasteiger partial charge on any atom is -0.384 e. The number of halogens is 2. The van der Waals surface area contributed by atoms with Crippen LogP contribution in [0.15, 0.2) is 18.2 Å². The van der Waals surface area contributed by atoms with Crippen LogP contribution in [0.2, 0.25) is 0 Å². The van der Waals surface area contributed by atoms with E-state index in [0.717, 1.165) is 12.5 Å². The van der Waals surface area contributed by atoms with E-state index in [1.165, 1.54) is 12.1 Å². The van der Waals surface area contributed by atoms with E-state index in [9.17, 15) is 13.6 Å². The van der Waals surface area contributed by atoms with Gasteiger partial charge in [-0.3, -0.25) is 4.79 Å². The normalized spacial score (nSPS) is 28.4. The number of ether oxygens (including phenoxy) is 1. The topological polar surface area (TPSA) is 29.5 Å². The molecule has 23 heavy (non-hydrogen) atoms. The number of carbonyl (C=O) groups excluding carboxylic acids is 1. The summed E-state index contributed by atoms with van der Waals surface area (Å²) in [5.74, 6) is -0.973. The van der Waals surface area contributed by atoms with Gasteiger partial charge in [0.15, 0.2) is 0 Å². The smallest absolute Gasteiger partial charge is 0.227 e. The first-order valence-electron chi connectivity index (χ1n) is 7.98. The van der Waals surface area contributed by atoms with Crippen LogP contribution >= 0.6 is 0 Å². The Morgan fingerprint density at radius 3 is 2.74 bits per heavy atom. The molecule has 1 aromatic rings. The zero-order valence-electron chi connectivity index (χ0n) is 13.9. The summed E-state index contributed by atoms with van der Waals surface area (Å²) in [6.45, 7) is 6.45. The lowest BCUT2D eigenvalue weighted by atomic mass is 9.48. The summed E-state index contributed by atoms with van der Waals surface area (Å²) in [6.07, 6.45) is 1.01. The monoisotopic (exact) mass is 323 g/mol. The summed E-state index contributed by atoms with van der Waals surface area (Å²) in [7, 11) is 1.69. The number of hydrogen-bond donors (Lipinski definition) is 0. The van der Waals surface area contributed by atoms with Crippen LogP contribution in [0.1, 0.15) is 25.8 Å². The van der Waals surface area contributed by atoms with E-state index in [2.05, 4.69) is 13.8 Å². The molecule has 2 atom stereocenters. The molecule has 0 radical (unpaired) electrons. The number of likely N-dealkylation sites (tertiary alicyclic amines) is 1. The molecular formula is C18H23F2NO2. The molecule has 0 bridgehead atoms. The molecule has 3 nitrogen and oxygen atoms in total. The first kappa shape index (κ1) is 16.4. The highest BCUT2D eigenvalue weighted by atomic mass is 19.1. The van der Waals surface area contributed by atoms with Crippen molar-refractivity contribution in [3.8, 4) is 0 Å². The Morgan fingerprint density at radius 2 is 2.13 bits per heavy atom. The van der Waals surface area contributed by atoms with E-state index in [1.807, 2.05) is 4.90 Å². The quantitative estimate of drug-likeness (QED) is 0.852. The van der Waals surface area contributed by atoms with Crippen molar-refractivity contribution in [1.29, 1.82) is 0 Å². The predicted molar refractivity (Wildman–Crippen MR) is 82.8 cm³/mol. The maximum atomic E-state index is 13.8. The summed E-state index contributed by atoms with van der Waals surface area (Å²) >= 11 is 0. The molecule has 2 aliphatic rings. The van der Waals surface area contributed by atoms with Crippen molar-refractivity contribution >= 4 is 5.91 Å². The van der Waals surface area contributed by atoms with Gasteiger partial charge in [0, 0.05) is 31.7 Å². The van der Waals surface area contributed by atoms with Crippen molar-refractivity contribution in [3.05, 3.63) is 35.4 Å². The first-order chi connectivity index (χ1) is 10.8. The van der Waals surface area contributed by atoms with Gasteiger partial charge in [-0.25, -0.2) is 8.78 Å². The summed E-state index contributed by atoms with van der Waals surface area (Å²) in [4.78, 5) is 14.4. The number of amides is 1. The second-order valence-electron chi connectivity index (χ2n) is 7.70. The Morgan fingerprint density at radius 1 is 1.39 bits per heavy atom. The maximum absolute atomic E-state index is 13.8. The Balaban J connectivity index is 1.72. The minimum atomic E-state index is -0.660. The van der Waals surface area contributed by atoms with Crippen LogP contribution in [0.25, 0.3) is 0 Å². The van der Waals surface area contributed by atoms with Gasteiger partial charge < -0.3 is 9.64 Å². The van der Waals surface area contributed by atoms with Gasteiger partial charge in [0.05, 0.1) is 13.0 Å². The molecule has 1 aliphatic heterocycles. The van der Waals surface area contributed by atoms with Crippen LogP contribution in [0.4, 0.5) is 8.78 Å². The van der Waals surface area contributed by atoms with E-state index >= 15 is 0 Å². The Hall–Kier alpha value is -1.49. The largest absolute Gasteiger partial charge is 0.384 e. The second-order valence-corrected chi connectivity index (χ2v) is 7.70. The fourth-order valence-corrected chi connectivity index (χ4v) is 4.74. The van der Waals surface area contributed by atoms with Crippen molar-refractivity contribution in [2.45, 2.75) is 26.7 Å². The van der Waals surface area contributed by atoms with Gasteiger partial charge in [-0.15, -0.1) is 0 Å². The van der Waals surface area contributed by atoms with Gasteiger partial charge in [0.1, 0.15) is 11.6 Å². The van der Waals surface area contributed by atoms with Crippen LogP contribution < -0.4 is 0 Å². The van der Waals surface area contributed by atoms with Crippen molar-refractivity contribution < 1.29 is 18.3 Å². The average molecular weight is 323 g/mol. The molecular weight excluding hydrogens is 300 g/mol. The third-order valence-electron chi connectivity index (χ3n) is 5.54. The van der Waals surface area contributed by atoms with Crippen molar-refractivity contribution in [1.82, 2.24) is 4.90 Å². The summed E-state index contributed by atoms with van der Waals surface area (Å²) < 4.78 is 32.1. The zero-order valence-corrected chi connectivity index (χ0v) is 13.9. The summed E-state index contributed by atoms with van der Waals surface area (Å²) in [5, 5.41) is 0. The van der Waals surface area contributed by atoms with Crippen molar-refractivity contribution in [3.63, 3.8) is 0 Å². The Kier molecular flexibility index (Phi) is 3.95. The van der Waals surface area contributed by atoms with Gasteiger partial charge in [-0.05, 0) is 29.4 Å². The number of methoxy groups -OCH3 is 1. The SMILES string of the molecule is COC[C@@]12CN(C(=O)Cc3ccc(F)cc3F)C[C@@H]1C(C)(C)C2. The first-order valence-corrected chi connectivity index (χ1v) is 7.98. The van der Waals surface area contributed by atoms with Gasteiger partial charge in [-0.2, -0.15) is 0 Å². The van der Waals surface area contributed by atoms with Crippen molar-refractivity contribution in [2.24, 2.45) is 16.7 Å². The second kappa shape index (κ2) is 5.55. The molecule has 0 unspecified atom stereocenters. The number of fused-ring (bicyclic) bond motifs is 1. The maximum Gasteiger partial charge on any atom is 0.227 e.